The van der Waals surface area contributed by atoms with E-state index in [9.17, 15) is 0 Å². The predicted octanol–water partition coefficient (Wildman–Crippen LogP) is 2.85. The summed E-state index contributed by atoms with van der Waals surface area (Å²) in [6.45, 7) is 4.49. The summed E-state index contributed by atoms with van der Waals surface area (Å²) in [5.74, 6) is 1.76. The normalized spacial score (nSPS) is 27.2. The number of nitrogens with one attached hydrogen (secondary N) is 1. The van der Waals surface area contributed by atoms with Gasteiger partial charge < -0.3 is 5.32 Å². The molecule has 0 amide bonds. The standard InChI is InChI=1S/C11H17NS/c1-2-12-8-9-5-6-10(9)11-4-3-7-13-11/h3-4,7,9-10,12H,2,5-6,8H2,1H3. The maximum atomic E-state index is 3.45. The first-order valence-electron chi connectivity index (χ1n) is 5.16. The number of thiophene rings is 1. The molecule has 1 aliphatic rings. The second-order valence-corrected chi connectivity index (χ2v) is 4.75. The smallest absolute Gasteiger partial charge is 0.00794 e. The lowest BCUT2D eigenvalue weighted by molar-refractivity contribution is 0.251. The van der Waals surface area contributed by atoms with Crippen LogP contribution in [-0.2, 0) is 0 Å². The van der Waals surface area contributed by atoms with Gasteiger partial charge in [0.05, 0.1) is 0 Å². The first-order valence-corrected chi connectivity index (χ1v) is 6.04. The van der Waals surface area contributed by atoms with Crippen molar-refractivity contribution < 1.29 is 0 Å². The lowest BCUT2D eigenvalue weighted by Gasteiger charge is -2.36. The Hall–Kier alpha value is -0.340. The van der Waals surface area contributed by atoms with Crippen LogP contribution in [0.4, 0.5) is 0 Å². The van der Waals surface area contributed by atoms with Crippen molar-refractivity contribution in [2.24, 2.45) is 5.92 Å². The molecule has 72 valence electrons. The zero-order chi connectivity index (χ0) is 9.10. The third kappa shape index (κ3) is 1.94. The molecule has 0 aliphatic heterocycles. The number of hydrogen-bond donors (Lipinski definition) is 1. The minimum Gasteiger partial charge on any atom is -0.317 e. The van der Waals surface area contributed by atoms with Gasteiger partial charge in [-0.05, 0) is 49.2 Å². The van der Waals surface area contributed by atoms with E-state index >= 15 is 0 Å². The van der Waals surface area contributed by atoms with Crippen LogP contribution >= 0.6 is 11.3 Å². The monoisotopic (exact) mass is 195 g/mol. The molecule has 2 atom stereocenters. The van der Waals surface area contributed by atoms with Gasteiger partial charge in [0, 0.05) is 4.88 Å². The van der Waals surface area contributed by atoms with E-state index in [1.165, 1.54) is 19.4 Å². The molecule has 13 heavy (non-hydrogen) atoms. The minimum atomic E-state index is 0.860. The molecule has 2 unspecified atom stereocenters. The first-order chi connectivity index (χ1) is 6.42. The predicted molar refractivity (Wildman–Crippen MR) is 58.3 cm³/mol. The molecule has 1 fully saturated rings. The van der Waals surface area contributed by atoms with Crippen LogP contribution in [0, 0.1) is 5.92 Å². The second-order valence-electron chi connectivity index (χ2n) is 3.77. The molecule has 0 spiro atoms. The van der Waals surface area contributed by atoms with Crippen LogP contribution in [0.2, 0.25) is 0 Å². The molecule has 2 rings (SSSR count). The molecule has 1 aromatic rings. The highest BCUT2D eigenvalue weighted by Gasteiger charge is 2.31. The van der Waals surface area contributed by atoms with Gasteiger partial charge in [-0.15, -0.1) is 11.3 Å². The van der Waals surface area contributed by atoms with Crippen LogP contribution in [0.5, 0.6) is 0 Å². The fourth-order valence-corrected chi connectivity index (χ4v) is 2.98. The van der Waals surface area contributed by atoms with E-state index in [2.05, 4.69) is 29.8 Å². The van der Waals surface area contributed by atoms with Crippen LogP contribution < -0.4 is 5.32 Å². The summed E-state index contributed by atoms with van der Waals surface area (Å²) in [6.07, 6.45) is 2.81. The Bertz CT molecular complexity index is 243. The highest BCUT2D eigenvalue weighted by Crippen LogP contribution is 2.43. The summed E-state index contributed by atoms with van der Waals surface area (Å²) in [6, 6.07) is 4.45. The van der Waals surface area contributed by atoms with Crippen LogP contribution in [0.1, 0.15) is 30.6 Å². The van der Waals surface area contributed by atoms with Gasteiger partial charge in [-0.25, -0.2) is 0 Å². The molecule has 0 bridgehead atoms. The fraction of sp³-hybridized carbons (Fsp3) is 0.636. The molecular weight excluding hydrogens is 178 g/mol. The average molecular weight is 195 g/mol. The highest BCUT2D eigenvalue weighted by atomic mass is 32.1. The van der Waals surface area contributed by atoms with Gasteiger partial charge in [0.25, 0.3) is 0 Å². The minimum absolute atomic E-state index is 0.860. The van der Waals surface area contributed by atoms with Crippen molar-refractivity contribution in [3.8, 4) is 0 Å². The molecule has 0 radical (unpaired) electrons. The van der Waals surface area contributed by atoms with Gasteiger partial charge in [-0.3, -0.25) is 0 Å². The zero-order valence-corrected chi connectivity index (χ0v) is 8.94. The van der Waals surface area contributed by atoms with Crippen molar-refractivity contribution in [3.05, 3.63) is 22.4 Å². The van der Waals surface area contributed by atoms with Crippen molar-refractivity contribution >= 4 is 11.3 Å². The number of rotatable bonds is 4. The molecule has 1 N–H and O–H groups in total. The molecule has 1 heterocycles. The van der Waals surface area contributed by atoms with Crippen LogP contribution in [0.15, 0.2) is 17.5 Å². The van der Waals surface area contributed by atoms with Gasteiger partial charge in [0.15, 0.2) is 0 Å². The van der Waals surface area contributed by atoms with E-state index in [-0.39, 0.29) is 0 Å². The quantitative estimate of drug-likeness (QED) is 0.779. The Morgan fingerprint density at radius 1 is 1.54 bits per heavy atom. The SMILES string of the molecule is CCNCC1CCC1c1cccs1. The van der Waals surface area contributed by atoms with Crippen molar-refractivity contribution in [2.75, 3.05) is 13.1 Å². The van der Waals surface area contributed by atoms with Crippen molar-refractivity contribution in [2.45, 2.75) is 25.7 Å². The topological polar surface area (TPSA) is 12.0 Å². The van der Waals surface area contributed by atoms with Gasteiger partial charge in [0.2, 0.25) is 0 Å². The largest absolute Gasteiger partial charge is 0.317 e. The van der Waals surface area contributed by atoms with Crippen molar-refractivity contribution in [3.63, 3.8) is 0 Å². The van der Waals surface area contributed by atoms with Gasteiger partial charge in [-0.2, -0.15) is 0 Å². The molecule has 1 aliphatic carbocycles. The van der Waals surface area contributed by atoms with Crippen LogP contribution in [0.25, 0.3) is 0 Å². The maximum Gasteiger partial charge on any atom is 0.00794 e. The fourth-order valence-electron chi connectivity index (χ4n) is 2.02. The van der Waals surface area contributed by atoms with Crippen LogP contribution in [0.3, 0.4) is 0 Å². The second kappa shape index (κ2) is 4.25. The van der Waals surface area contributed by atoms with E-state index in [0.29, 0.717) is 0 Å². The Kier molecular flexibility index (Phi) is 3.01. The Morgan fingerprint density at radius 2 is 2.46 bits per heavy atom. The Morgan fingerprint density at radius 3 is 3.00 bits per heavy atom. The molecular formula is C11H17NS. The lowest BCUT2D eigenvalue weighted by Crippen LogP contribution is -2.33. The van der Waals surface area contributed by atoms with Gasteiger partial charge in [0.1, 0.15) is 0 Å². The Labute approximate surface area is 84.2 Å². The molecule has 1 saturated carbocycles. The molecule has 1 aromatic heterocycles. The number of hydrogen-bond acceptors (Lipinski definition) is 2. The van der Waals surface area contributed by atoms with Gasteiger partial charge >= 0.3 is 0 Å². The average Bonchev–Trinajstić information content (AvgIpc) is 2.56. The van der Waals surface area contributed by atoms with Crippen LogP contribution in [-0.4, -0.2) is 13.1 Å². The summed E-state index contributed by atoms with van der Waals surface area (Å²) in [7, 11) is 0. The molecule has 2 heteroatoms. The maximum absolute atomic E-state index is 3.45. The molecule has 1 nitrogen and oxygen atoms in total. The highest BCUT2D eigenvalue weighted by molar-refractivity contribution is 7.10. The van der Waals surface area contributed by atoms with E-state index in [1.54, 1.807) is 4.88 Å². The zero-order valence-electron chi connectivity index (χ0n) is 8.12. The van der Waals surface area contributed by atoms with E-state index in [4.69, 9.17) is 0 Å². The van der Waals surface area contributed by atoms with Gasteiger partial charge in [-0.1, -0.05) is 13.0 Å². The van der Waals surface area contributed by atoms with Crippen molar-refractivity contribution in [1.82, 2.24) is 5.32 Å². The summed E-state index contributed by atoms with van der Waals surface area (Å²) in [4.78, 5) is 1.59. The summed E-state index contributed by atoms with van der Waals surface area (Å²) >= 11 is 1.92. The third-order valence-electron chi connectivity index (χ3n) is 2.98. The summed E-state index contributed by atoms with van der Waals surface area (Å²) < 4.78 is 0. The summed E-state index contributed by atoms with van der Waals surface area (Å²) in [5, 5.41) is 5.64. The van der Waals surface area contributed by atoms with E-state index < -0.39 is 0 Å². The Balaban J connectivity index is 1.88. The molecule has 0 saturated heterocycles. The van der Waals surface area contributed by atoms with Crippen molar-refractivity contribution in [1.29, 1.82) is 0 Å². The van der Waals surface area contributed by atoms with E-state index in [0.717, 1.165) is 18.4 Å². The third-order valence-corrected chi connectivity index (χ3v) is 3.99. The van der Waals surface area contributed by atoms with E-state index in [1.807, 2.05) is 11.3 Å². The summed E-state index contributed by atoms with van der Waals surface area (Å²) in [5.41, 5.74) is 0. The lowest BCUT2D eigenvalue weighted by atomic mass is 9.73. The molecule has 0 aromatic carbocycles. The first kappa shape index (κ1) is 9.22.